The first-order valence-corrected chi connectivity index (χ1v) is 7.17. The summed E-state index contributed by atoms with van der Waals surface area (Å²) in [6.07, 6.45) is 0. The van der Waals surface area contributed by atoms with Crippen LogP contribution in [0.4, 0.5) is 5.69 Å². The SMILES string of the molecule is COc1ccc(C(=O)OCCOc2ccc(C#N)cc2)cc1[N+](=O)[O-]. The van der Waals surface area contributed by atoms with E-state index < -0.39 is 10.9 Å². The maximum absolute atomic E-state index is 11.9. The third-order valence-electron chi connectivity index (χ3n) is 3.18. The lowest BCUT2D eigenvalue weighted by Crippen LogP contribution is -2.12. The Morgan fingerprint density at radius 3 is 2.52 bits per heavy atom. The van der Waals surface area contributed by atoms with Gasteiger partial charge in [-0.3, -0.25) is 10.1 Å². The summed E-state index contributed by atoms with van der Waals surface area (Å²) in [6.45, 7) is 0.0779. The molecule has 0 N–H and O–H groups in total. The highest BCUT2D eigenvalue weighted by molar-refractivity contribution is 5.90. The highest BCUT2D eigenvalue weighted by Crippen LogP contribution is 2.27. The summed E-state index contributed by atoms with van der Waals surface area (Å²) >= 11 is 0. The van der Waals surface area contributed by atoms with Gasteiger partial charge in [0.25, 0.3) is 0 Å². The summed E-state index contributed by atoms with van der Waals surface area (Å²) in [5.41, 5.74) is 0.247. The number of carbonyl (C=O) groups is 1. The molecule has 0 spiro atoms. The van der Waals surface area contributed by atoms with Crippen LogP contribution in [0.25, 0.3) is 0 Å². The van der Waals surface area contributed by atoms with Gasteiger partial charge in [-0.1, -0.05) is 0 Å². The molecule has 0 aliphatic rings. The Labute approximate surface area is 143 Å². The summed E-state index contributed by atoms with van der Waals surface area (Å²) in [5, 5.41) is 19.7. The van der Waals surface area contributed by atoms with E-state index in [0.717, 1.165) is 6.07 Å². The number of rotatable bonds is 7. The minimum atomic E-state index is -0.700. The van der Waals surface area contributed by atoms with E-state index in [1.165, 1.54) is 19.2 Å². The second kappa shape index (κ2) is 8.31. The van der Waals surface area contributed by atoms with Gasteiger partial charge in [0.2, 0.25) is 0 Å². The standard InChI is InChI=1S/C17H14N2O6/c1-23-16-7-4-13(10-15(16)19(21)22)17(20)25-9-8-24-14-5-2-12(11-18)3-6-14/h2-7,10H,8-9H2,1H3. The summed E-state index contributed by atoms with van der Waals surface area (Å²) in [7, 11) is 1.31. The van der Waals surface area contributed by atoms with E-state index in [1.54, 1.807) is 24.3 Å². The maximum Gasteiger partial charge on any atom is 0.338 e. The van der Waals surface area contributed by atoms with Crippen LogP contribution in [0.3, 0.4) is 0 Å². The summed E-state index contributed by atoms with van der Waals surface area (Å²) < 4.78 is 15.3. The lowest BCUT2D eigenvalue weighted by Gasteiger charge is -2.08. The quantitative estimate of drug-likeness (QED) is 0.329. The van der Waals surface area contributed by atoms with E-state index in [1.807, 2.05) is 6.07 Å². The zero-order chi connectivity index (χ0) is 18.2. The van der Waals surface area contributed by atoms with Gasteiger partial charge in [0, 0.05) is 6.07 Å². The Hall–Kier alpha value is -3.60. The number of hydrogen-bond donors (Lipinski definition) is 0. The van der Waals surface area contributed by atoms with Crippen molar-refractivity contribution < 1.29 is 23.9 Å². The molecule has 0 aliphatic carbocycles. The first-order chi connectivity index (χ1) is 12.0. The molecule has 0 saturated carbocycles. The minimum absolute atomic E-state index is 0.0291. The van der Waals surface area contributed by atoms with Crippen molar-refractivity contribution in [1.82, 2.24) is 0 Å². The highest BCUT2D eigenvalue weighted by Gasteiger charge is 2.18. The van der Waals surface area contributed by atoms with E-state index in [4.69, 9.17) is 19.5 Å². The normalized spacial score (nSPS) is 9.76. The molecule has 2 rings (SSSR count). The fourth-order valence-corrected chi connectivity index (χ4v) is 1.96. The lowest BCUT2D eigenvalue weighted by atomic mass is 10.2. The molecule has 2 aromatic rings. The number of methoxy groups -OCH3 is 1. The molecule has 8 nitrogen and oxygen atoms in total. The Kier molecular flexibility index (Phi) is 5.90. The van der Waals surface area contributed by atoms with Crippen LogP contribution >= 0.6 is 0 Å². The molecule has 0 aromatic heterocycles. The molecule has 0 unspecified atom stereocenters. The number of nitrogens with zero attached hydrogens (tertiary/aromatic N) is 2. The smallest absolute Gasteiger partial charge is 0.338 e. The van der Waals surface area contributed by atoms with Crippen LogP contribution in [0.15, 0.2) is 42.5 Å². The summed E-state index contributed by atoms with van der Waals surface area (Å²) in [6, 6.07) is 12.3. The predicted octanol–water partition coefficient (Wildman–Crippen LogP) is 2.71. The number of carbonyl (C=O) groups excluding carboxylic acids is 1. The molecule has 0 heterocycles. The number of hydrogen-bond acceptors (Lipinski definition) is 7. The molecule has 0 saturated heterocycles. The molecule has 0 aliphatic heterocycles. The van der Waals surface area contributed by atoms with E-state index in [0.29, 0.717) is 11.3 Å². The van der Waals surface area contributed by atoms with Crippen LogP contribution < -0.4 is 9.47 Å². The van der Waals surface area contributed by atoms with Gasteiger partial charge in [0.15, 0.2) is 5.75 Å². The van der Waals surface area contributed by atoms with Crippen molar-refractivity contribution in [3.05, 3.63) is 63.7 Å². The van der Waals surface area contributed by atoms with Crippen molar-refractivity contribution in [1.29, 1.82) is 5.26 Å². The van der Waals surface area contributed by atoms with Crippen molar-refractivity contribution in [2.75, 3.05) is 20.3 Å². The van der Waals surface area contributed by atoms with Gasteiger partial charge in [-0.2, -0.15) is 5.26 Å². The molecular weight excluding hydrogens is 328 g/mol. The van der Waals surface area contributed by atoms with Crippen molar-refractivity contribution in [3.63, 3.8) is 0 Å². The van der Waals surface area contributed by atoms with E-state index in [-0.39, 0.29) is 30.2 Å². The molecule has 128 valence electrons. The van der Waals surface area contributed by atoms with E-state index in [2.05, 4.69) is 0 Å². The van der Waals surface area contributed by atoms with Crippen LogP contribution in [0.1, 0.15) is 15.9 Å². The largest absolute Gasteiger partial charge is 0.490 e. The van der Waals surface area contributed by atoms with Gasteiger partial charge in [-0.15, -0.1) is 0 Å². The van der Waals surface area contributed by atoms with Crippen molar-refractivity contribution in [3.8, 4) is 17.6 Å². The topological polar surface area (TPSA) is 112 Å². The van der Waals surface area contributed by atoms with Gasteiger partial charge in [0.1, 0.15) is 19.0 Å². The van der Waals surface area contributed by atoms with E-state index in [9.17, 15) is 14.9 Å². The molecule has 0 amide bonds. The average molecular weight is 342 g/mol. The third-order valence-corrected chi connectivity index (χ3v) is 3.18. The van der Waals surface area contributed by atoms with E-state index >= 15 is 0 Å². The number of nitro benzene ring substituents is 1. The van der Waals surface area contributed by atoms with Gasteiger partial charge in [-0.25, -0.2) is 4.79 Å². The molecule has 25 heavy (non-hydrogen) atoms. The molecule has 0 atom stereocenters. The molecule has 8 heteroatoms. The first kappa shape index (κ1) is 17.7. The average Bonchev–Trinajstić information content (AvgIpc) is 2.64. The summed E-state index contributed by atoms with van der Waals surface area (Å²) in [4.78, 5) is 22.3. The number of ether oxygens (including phenoxy) is 3. The highest BCUT2D eigenvalue weighted by atomic mass is 16.6. The fraction of sp³-hybridized carbons (Fsp3) is 0.176. The predicted molar refractivity (Wildman–Crippen MR) is 86.6 cm³/mol. The van der Waals surface area contributed by atoms with Crippen molar-refractivity contribution in [2.45, 2.75) is 0 Å². The Balaban J connectivity index is 1.88. The second-order valence-electron chi connectivity index (χ2n) is 4.76. The fourth-order valence-electron chi connectivity index (χ4n) is 1.96. The Morgan fingerprint density at radius 1 is 1.20 bits per heavy atom. The monoisotopic (exact) mass is 342 g/mol. The number of esters is 1. The number of nitriles is 1. The minimum Gasteiger partial charge on any atom is -0.490 e. The molecule has 2 aromatic carbocycles. The van der Waals surface area contributed by atoms with Gasteiger partial charge < -0.3 is 14.2 Å². The molecule has 0 bridgehead atoms. The zero-order valence-corrected chi connectivity index (χ0v) is 13.3. The van der Waals surface area contributed by atoms with Gasteiger partial charge in [-0.05, 0) is 36.4 Å². The van der Waals surface area contributed by atoms with Gasteiger partial charge in [0.05, 0.1) is 29.2 Å². The summed E-state index contributed by atoms with van der Waals surface area (Å²) in [5.74, 6) is -0.102. The molecule has 0 fully saturated rings. The van der Waals surface area contributed by atoms with Crippen LogP contribution in [0.2, 0.25) is 0 Å². The molecule has 0 radical (unpaired) electrons. The van der Waals surface area contributed by atoms with Crippen LogP contribution in [0, 0.1) is 21.4 Å². The molecular formula is C17H14N2O6. The Bertz CT molecular complexity index is 811. The second-order valence-corrected chi connectivity index (χ2v) is 4.76. The van der Waals surface area contributed by atoms with Crippen LogP contribution in [-0.2, 0) is 4.74 Å². The zero-order valence-electron chi connectivity index (χ0n) is 13.3. The van der Waals surface area contributed by atoms with Crippen molar-refractivity contribution >= 4 is 11.7 Å². The lowest BCUT2D eigenvalue weighted by molar-refractivity contribution is -0.385. The van der Waals surface area contributed by atoms with Crippen LogP contribution in [0.5, 0.6) is 11.5 Å². The third kappa shape index (κ3) is 4.68. The van der Waals surface area contributed by atoms with Crippen molar-refractivity contribution in [2.24, 2.45) is 0 Å². The Morgan fingerprint density at radius 2 is 1.92 bits per heavy atom. The number of nitro groups is 1. The first-order valence-electron chi connectivity index (χ1n) is 7.17. The maximum atomic E-state index is 11.9. The van der Waals surface area contributed by atoms with Gasteiger partial charge >= 0.3 is 11.7 Å². The number of benzene rings is 2. The van der Waals surface area contributed by atoms with Crippen LogP contribution in [-0.4, -0.2) is 31.2 Å².